The fourth-order valence-corrected chi connectivity index (χ4v) is 2.68. The van der Waals surface area contributed by atoms with Crippen LogP contribution in [0.3, 0.4) is 0 Å². The number of rotatable bonds is 3. The molecule has 0 saturated heterocycles. The number of aryl methyl sites for hydroxylation is 1. The van der Waals surface area contributed by atoms with Crippen LogP contribution >= 0.6 is 0 Å². The zero-order valence-electron chi connectivity index (χ0n) is 12.7. The van der Waals surface area contributed by atoms with E-state index in [0.717, 1.165) is 29.2 Å². The van der Waals surface area contributed by atoms with Gasteiger partial charge in [0.1, 0.15) is 23.7 Å². The van der Waals surface area contributed by atoms with E-state index in [4.69, 9.17) is 15.2 Å². The standard InChI is InChI=1S/C16H21N3O2/c1-16(2)9-14(17)13-5-4-12(8-15(13)21-16)20-10-11-6-7-19(3)18-11/h4-8,14H,9-10,17H2,1-3H3. The lowest BCUT2D eigenvalue weighted by atomic mass is 9.90. The number of nitrogens with two attached hydrogens (primary N) is 1. The molecule has 0 fully saturated rings. The molecule has 1 aliphatic heterocycles. The Morgan fingerprint density at radius 3 is 2.95 bits per heavy atom. The Morgan fingerprint density at radius 2 is 2.24 bits per heavy atom. The Labute approximate surface area is 124 Å². The average Bonchev–Trinajstić information content (AvgIpc) is 2.80. The number of aromatic nitrogens is 2. The molecular formula is C16H21N3O2. The molecule has 1 aromatic carbocycles. The second kappa shape index (κ2) is 5.07. The maximum atomic E-state index is 6.21. The van der Waals surface area contributed by atoms with Crippen LogP contribution in [-0.2, 0) is 13.7 Å². The Hall–Kier alpha value is -2.01. The van der Waals surface area contributed by atoms with Crippen molar-refractivity contribution >= 4 is 0 Å². The van der Waals surface area contributed by atoms with E-state index in [9.17, 15) is 0 Å². The normalized spacial score (nSPS) is 19.7. The molecule has 2 aromatic rings. The minimum Gasteiger partial charge on any atom is -0.487 e. The summed E-state index contributed by atoms with van der Waals surface area (Å²) in [7, 11) is 1.89. The molecule has 0 bridgehead atoms. The fraction of sp³-hybridized carbons (Fsp3) is 0.438. The van der Waals surface area contributed by atoms with Crippen LogP contribution in [0.4, 0.5) is 0 Å². The van der Waals surface area contributed by atoms with Gasteiger partial charge in [-0.05, 0) is 26.0 Å². The van der Waals surface area contributed by atoms with Crippen LogP contribution < -0.4 is 15.2 Å². The van der Waals surface area contributed by atoms with E-state index in [2.05, 4.69) is 18.9 Å². The second-order valence-corrected chi connectivity index (χ2v) is 6.14. The maximum absolute atomic E-state index is 6.21. The van der Waals surface area contributed by atoms with E-state index >= 15 is 0 Å². The van der Waals surface area contributed by atoms with Gasteiger partial charge in [-0.1, -0.05) is 6.07 Å². The highest BCUT2D eigenvalue weighted by Crippen LogP contribution is 2.40. The molecule has 1 aromatic heterocycles. The molecule has 2 heterocycles. The van der Waals surface area contributed by atoms with Crippen molar-refractivity contribution in [2.75, 3.05) is 0 Å². The Balaban J connectivity index is 1.76. The largest absolute Gasteiger partial charge is 0.487 e. The van der Waals surface area contributed by atoms with Crippen LogP contribution in [0.25, 0.3) is 0 Å². The summed E-state index contributed by atoms with van der Waals surface area (Å²) < 4.78 is 13.5. The van der Waals surface area contributed by atoms with Crippen LogP contribution in [0.2, 0.25) is 0 Å². The first-order valence-electron chi connectivity index (χ1n) is 7.13. The summed E-state index contributed by atoms with van der Waals surface area (Å²) in [4.78, 5) is 0. The van der Waals surface area contributed by atoms with E-state index in [0.29, 0.717) is 6.61 Å². The van der Waals surface area contributed by atoms with Crippen LogP contribution in [0.15, 0.2) is 30.5 Å². The molecule has 5 nitrogen and oxygen atoms in total. The minimum atomic E-state index is -0.244. The number of hydrogen-bond donors (Lipinski definition) is 1. The molecule has 21 heavy (non-hydrogen) atoms. The van der Waals surface area contributed by atoms with Gasteiger partial charge in [0.25, 0.3) is 0 Å². The topological polar surface area (TPSA) is 62.3 Å². The number of fused-ring (bicyclic) bond motifs is 1. The highest BCUT2D eigenvalue weighted by atomic mass is 16.5. The van der Waals surface area contributed by atoms with Gasteiger partial charge in [0.15, 0.2) is 0 Å². The Morgan fingerprint density at radius 1 is 1.43 bits per heavy atom. The quantitative estimate of drug-likeness (QED) is 0.942. The van der Waals surface area contributed by atoms with Crippen LogP contribution in [0.5, 0.6) is 11.5 Å². The molecule has 112 valence electrons. The number of ether oxygens (including phenoxy) is 2. The van der Waals surface area contributed by atoms with Crippen LogP contribution in [-0.4, -0.2) is 15.4 Å². The molecular weight excluding hydrogens is 266 g/mol. The van der Waals surface area contributed by atoms with E-state index in [1.54, 1.807) is 4.68 Å². The predicted molar refractivity (Wildman–Crippen MR) is 80.2 cm³/mol. The molecule has 0 amide bonds. The van der Waals surface area contributed by atoms with Crippen molar-refractivity contribution in [3.63, 3.8) is 0 Å². The molecule has 0 spiro atoms. The molecule has 1 aliphatic rings. The van der Waals surface area contributed by atoms with Gasteiger partial charge >= 0.3 is 0 Å². The number of benzene rings is 1. The summed E-state index contributed by atoms with van der Waals surface area (Å²) in [6, 6.07) is 7.79. The zero-order chi connectivity index (χ0) is 15.0. The summed E-state index contributed by atoms with van der Waals surface area (Å²) in [6.45, 7) is 4.55. The molecule has 3 rings (SSSR count). The average molecular weight is 287 g/mol. The lowest BCUT2D eigenvalue weighted by Gasteiger charge is -2.36. The Kier molecular flexibility index (Phi) is 3.37. The van der Waals surface area contributed by atoms with Crippen molar-refractivity contribution in [3.05, 3.63) is 41.7 Å². The van der Waals surface area contributed by atoms with Crippen molar-refractivity contribution in [1.29, 1.82) is 0 Å². The molecule has 2 N–H and O–H groups in total. The van der Waals surface area contributed by atoms with E-state index in [1.807, 2.05) is 37.5 Å². The first kappa shape index (κ1) is 13.9. The van der Waals surface area contributed by atoms with Crippen LogP contribution in [0, 0.1) is 0 Å². The molecule has 1 unspecified atom stereocenters. The fourth-order valence-electron chi connectivity index (χ4n) is 2.68. The highest BCUT2D eigenvalue weighted by molar-refractivity contribution is 5.44. The van der Waals surface area contributed by atoms with Gasteiger partial charge in [-0.15, -0.1) is 0 Å². The van der Waals surface area contributed by atoms with Gasteiger partial charge in [0.2, 0.25) is 0 Å². The lowest BCUT2D eigenvalue weighted by Crippen LogP contribution is -2.37. The van der Waals surface area contributed by atoms with Crippen molar-refractivity contribution in [2.24, 2.45) is 12.8 Å². The SMILES string of the molecule is Cn1ccc(COc2ccc3c(c2)OC(C)(C)CC3N)n1. The summed E-state index contributed by atoms with van der Waals surface area (Å²) in [5.74, 6) is 1.58. The zero-order valence-corrected chi connectivity index (χ0v) is 12.7. The van der Waals surface area contributed by atoms with Gasteiger partial charge in [-0.25, -0.2) is 0 Å². The molecule has 0 saturated carbocycles. The van der Waals surface area contributed by atoms with Crippen molar-refractivity contribution < 1.29 is 9.47 Å². The van der Waals surface area contributed by atoms with Gasteiger partial charge in [0, 0.05) is 37.3 Å². The molecule has 0 aliphatic carbocycles. The third kappa shape index (κ3) is 3.03. The minimum absolute atomic E-state index is 0.00795. The molecule has 1 atom stereocenters. The van der Waals surface area contributed by atoms with Crippen LogP contribution in [0.1, 0.15) is 37.6 Å². The third-order valence-electron chi connectivity index (χ3n) is 3.64. The van der Waals surface area contributed by atoms with E-state index in [1.165, 1.54) is 0 Å². The van der Waals surface area contributed by atoms with Crippen molar-refractivity contribution in [2.45, 2.75) is 38.5 Å². The predicted octanol–water partition coefficient (Wildman–Crippen LogP) is 2.56. The van der Waals surface area contributed by atoms with Gasteiger partial charge in [-0.3, -0.25) is 4.68 Å². The second-order valence-electron chi connectivity index (χ2n) is 6.14. The molecule has 5 heteroatoms. The smallest absolute Gasteiger partial charge is 0.132 e. The van der Waals surface area contributed by atoms with Crippen molar-refractivity contribution in [1.82, 2.24) is 9.78 Å². The highest BCUT2D eigenvalue weighted by Gasteiger charge is 2.31. The van der Waals surface area contributed by atoms with Crippen molar-refractivity contribution in [3.8, 4) is 11.5 Å². The summed E-state index contributed by atoms with van der Waals surface area (Å²) in [5.41, 5.74) is 7.90. The van der Waals surface area contributed by atoms with E-state index in [-0.39, 0.29) is 11.6 Å². The first-order chi connectivity index (χ1) is 9.93. The Bertz CT molecular complexity index is 649. The number of hydrogen-bond acceptors (Lipinski definition) is 4. The monoisotopic (exact) mass is 287 g/mol. The maximum Gasteiger partial charge on any atom is 0.132 e. The lowest BCUT2D eigenvalue weighted by molar-refractivity contribution is 0.0724. The van der Waals surface area contributed by atoms with Gasteiger partial charge in [-0.2, -0.15) is 5.10 Å². The molecule has 0 radical (unpaired) electrons. The third-order valence-corrected chi connectivity index (χ3v) is 3.64. The van der Waals surface area contributed by atoms with E-state index < -0.39 is 0 Å². The first-order valence-corrected chi connectivity index (χ1v) is 7.13. The summed E-state index contributed by atoms with van der Waals surface area (Å²) in [5, 5.41) is 4.29. The van der Waals surface area contributed by atoms with Gasteiger partial charge < -0.3 is 15.2 Å². The van der Waals surface area contributed by atoms with Gasteiger partial charge in [0.05, 0.1) is 5.69 Å². The number of nitrogens with zero attached hydrogens (tertiary/aromatic N) is 2. The summed E-state index contributed by atoms with van der Waals surface area (Å²) >= 11 is 0. The summed E-state index contributed by atoms with van der Waals surface area (Å²) in [6.07, 6.45) is 2.71.